The number of carboxylic acids is 1. The summed E-state index contributed by atoms with van der Waals surface area (Å²) in [6, 6.07) is 4.87. The van der Waals surface area contributed by atoms with Gasteiger partial charge in [0.05, 0.1) is 17.4 Å². The number of allylic oxidation sites excluding steroid dienone is 2. The molecule has 0 radical (unpaired) electrons. The predicted octanol–water partition coefficient (Wildman–Crippen LogP) is 10.4. The molecule has 314 valence electrons. The molecule has 10 heteroatoms. The average Bonchev–Trinajstić information content (AvgIpc) is 3.39. The molecule has 0 aromatic heterocycles. The number of nitrogens with one attached hydrogen (secondary N) is 1. The van der Waals surface area contributed by atoms with Crippen molar-refractivity contribution in [1.29, 1.82) is 0 Å². The van der Waals surface area contributed by atoms with E-state index in [-0.39, 0.29) is 70.2 Å². The molecular weight excluding hydrogens is 732 g/mol. The van der Waals surface area contributed by atoms with E-state index in [1.807, 2.05) is 13.8 Å². The van der Waals surface area contributed by atoms with Gasteiger partial charge in [0.15, 0.2) is 5.78 Å². The number of fused-ring (bicyclic) bond motifs is 7. The first-order valence-corrected chi connectivity index (χ1v) is 21.5. The summed E-state index contributed by atoms with van der Waals surface area (Å²) in [6.07, 6.45) is 3.60. The quantitative estimate of drug-likeness (QED) is 0.254. The van der Waals surface area contributed by atoms with E-state index < -0.39 is 40.4 Å². The van der Waals surface area contributed by atoms with Gasteiger partial charge >= 0.3 is 18.1 Å². The van der Waals surface area contributed by atoms with Crippen molar-refractivity contribution in [2.45, 2.75) is 152 Å². The SMILES string of the molecule is CC(C)C1=C2[C@H]3CC[C@@H]4[C@@]5(C)CC[C@H](OC(=O)[C@H]6C[C@@H](C(=O)O)C6(C)C)C(C)(C)[C@@H]5CC[C@@]4(C)[C@]3(C)CC[C@@]2(CC(=O)NCc2ccc(C(F)(F)F)cc2)CC1=O. The van der Waals surface area contributed by atoms with E-state index in [9.17, 15) is 37.5 Å². The highest BCUT2D eigenvalue weighted by Gasteiger charge is 2.70. The minimum atomic E-state index is -4.42. The Bertz CT molecular complexity index is 1860. The molecule has 0 saturated heterocycles. The summed E-state index contributed by atoms with van der Waals surface area (Å²) in [5.41, 5.74) is 0.456. The highest BCUT2D eigenvalue weighted by atomic mass is 19.4. The number of alkyl halides is 3. The minimum Gasteiger partial charge on any atom is -0.481 e. The molecule has 6 aliphatic rings. The maximum absolute atomic E-state index is 14.0. The molecule has 10 atom stereocenters. The molecule has 0 heterocycles. The Labute approximate surface area is 336 Å². The number of hydrogen-bond donors (Lipinski definition) is 2. The van der Waals surface area contributed by atoms with Crippen molar-refractivity contribution >= 4 is 23.6 Å². The number of aliphatic carboxylic acids is 1. The molecule has 0 bridgehead atoms. The fourth-order valence-corrected chi connectivity index (χ4v) is 14.5. The number of amides is 1. The zero-order chi connectivity index (χ0) is 41.9. The lowest BCUT2D eigenvalue weighted by molar-refractivity contribution is -0.236. The third-order valence-corrected chi connectivity index (χ3v) is 17.9. The molecule has 1 aromatic rings. The molecule has 5 fully saturated rings. The number of carbonyl (C=O) groups excluding carboxylic acids is 3. The third-order valence-electron chi connectivity index (χ3n) is 17.9. The van der Waals surface area contributed by atoms with Gasteiger partial charge in [-0.05, 0) is 126 Å². The molecule has 1 aromatic carbocycles. The molecule has 0 aliphatic heterocycles. The van der Waals surface area contributed by atoms with E-state index in [4.69, 9.17) is 4.74 Å². The summed E-state index contributed by atoms with van der Waals surface area (Å²) in [4.78, 5) is 53.2. The van der Waals surface area contributed by atoms with Crippen LogP contribution in [0.15, 0.2) is 35.4 Å². The van der Waals surface area contributed by atoms with E-state index in [2.05, 4.69) is 53.8 Å². The Morgan fingerprint density at radius 3 is 2.11 bits per heavy atom. The van der Waals surface area contributed by atoms with Crippen LogP contribution >= 0.6 is 0 Å². The van der Waals surface area contributed by atoms with Crippen LogP contribution in [-0.2, 0) is 36.6 Å². The van der Waals surface area contributed by atoms with E-state index in [0.29, 0.717) is 30.2 Å². The van der Waals surface area contributed by atoms with Gasteiger partial charge in [-0.15, -0.1) is 0 Å². The van der Waals surface area contributed by atoms with E-state index in [1.165, 1.54) is 17.7 Å². The smallest absolute Gasteiger partial charge is 0.416 e. The van der Waals surface area contributed by atoms with Gasteiger partial charge in [0.1, 0.15) is 6.10 Å². The predicted molar refractivity (Wildman–Crippen MR) is 210 cm³/mol. The van der Waals surface area contributed by atoms with Gasteiger partial charge in [-0.25, -0.2) is 0 Å². The van der Waals surface area contributed by atoms with Gasteiger partial charge in [-0.2, -0.15) is 13.2 Å². The molecular formula is C47H64F3NO6. The summed E-state index contributed by atoms with van der Waals surface area (Å²) < 4.78 is 45.8. The van der Waals surface area contributed by atoms with Crippen LogP contribution in [0.1, 0.15) is 144 Å². The molecule has 0 spiro atoms. The Kier molecular flexibility index (Phi) is 10.1. The number of esters is 1. The first kappa shape index (κ1) is 42.0. The first-order chi connectivity index (χ1) is 26.3. The Hall–Kier alpha value is -3.17. The number of ketones is 1. The van der Waals surface area contributed by atoms with Crippen LogP contribution < -0.4 is 5.32 Å². The fourth-order valence-electron chi connectivity index (χ4n) is 14.5. The third kappa shape index (κ3) is 6.33. The van der Waals surface area contributed by atoms with Crippen LogP contribution in [0.3, 0.4) is 0 Å². The fraction of sp³-hybridized carbons (Fsp3) is 0.745. The van der Waals surface area contributed by atoms with Gasteiger partial charge in [-0.3, -0.25) is 19.2 Å². The summed E-state index contributed by atoms with van der Waals surface area (Å²) in [7, 11) is 0. The number of Topliss-reactive ketones (excluding diaryl/α,β-unsaturated/α-hetero) is 1. The molecule has 1 amide bonds. The van der Waals surface area contributed by atoms with Crippen molar-refractivity contribution in [2.24, 2.45) is 68.0 Å². The van der Waals surface area contributed by atoms with Crippen molar-refractivity contribution in [3.8, 4) is 0 Å². The minimum absolute atomic E-state index is 0.0136. The van der Waals surface area contributed by atoms with Crippen LogP contribution in [0.2, 0.25) is 0 Å². The molecule has 7 rings (SSSR count). The number of carbonyl (C=O) groups is 4. The summed E-state index contributed by atoms with van der Waals surface area (Å²) >= 11 is 0. The standard InChI is InChI=1S/C47H64F3NO6/c1-26(2)37-32(52)23-46(24-36(53)51-25-27-10-12-28(13-11-27)47(48,49)50)21-20-44(8)29(38(37)46)14-15-34-43(7)18-17-35(42(5,6)33(43)16-19-45(34,44)9)57-40(56)31-22-30(39(54)55)41(31,3)4/h10-13,26,29-31,33-35H,14-25H2,1-9H3,(H,51,53)(H,54,55)/t29-,30+,31-,33+,34-,35+,43+,44-,45-,46+/m1/s1. The molecule has 7 nitrogen and oxygen atoms in total. The lowest BCUT2D eigenvalue weighted by Crippen LogP contribution is -2.66. The number of halogens is 3. The van der Waals surface area contributed by atoms with Gasteiger partial charge in [0, 0.05) is 30.2 Å². The van der Waals surface area contributed by atoms with Gasteiger partial charge in [0.25, 0.3) is 0 Å². The van der Waals surface area contributed by atoms with Gasteiger partial charge in [-0.1, -0.05) is 80.0 Å². The second-order valence-electron chi connectivity index (χ2n) is 21.4. The average molecular weight is 796 g/mol. The number of rotatable bonds is 8. The monoisotopic (exact) mass is 795 g/mol. The second kappa shape index (κ2) is 13.7. The van der Waals surface area contributed by atoms with Crippen LogP contribution in [0.25, 0.3) is 0 Å². The van der Waals surface area contributed by atoms with Crippen molar-refractivity contribution in [3.63, 3.8) is 0 Å². The molecule has 2 N–H and O–H groups in total. The lowest BCUT2D eigenvalue weighted by atomic mass is 9.33. The van der Waals surface area contributed by atoms with E-state index in [1.54, 1.807) is 0 Å². The number of carboxylic acid groups (broad SMARTS) is 1. The topological polar surface area (TPSA) is 110 Å². The van der Waals surface area contributed by atoms with Crippen LogP contribution in [0.4, 0.5) is 13.2 Å². The Morgan fingerprint density at radius 1 is 0.842 bits per heavy atom. The van der Waals surface area contributed by atoms with Crippen LogP contribution in [-0.4, -0.2) is 34.8 Å². The largest absolute Gasteiger partial charge is 0.481 e. The molecule has 57 heavy (non-hydrogen) atoms. The molecule has 6 aliphatic carbocycles. The van der Waals surface area contributed by atoms with Crippen LogP contribution in [0, 0.1) is 68.0 Å². The van der Waals surface area contributed by atoms with Crippen molar-refractivity contribution < 1.29 is 42.2 Å². The number of hydrogen-bond acceptors (Lipinski definition) is 5. The molecule has 0 unspecified atom stereocenters. The van der Waals surface area contributed by atoms with Crippen molar-refractivity contribution in [3.05, 3.63) is 46.5 Å². The maximum Gasteiger partial charge on any atom is 0.416 e. The Morgan fingerprint density at radius 2 is 1.51 bits per heavy atom. The Balaban J connectivity index is 1.10. The maximum atomic E-state index is 14.0. The lowest BCUT2D eigenvalue weighted by Gasteiger charge is -2.72. The molecule has 5 saturated carbocycles. The van der Waals surface area contributed by atoms with E-state index in [0.717, 1.165) is 69.1 Å². The second-order valence-corrected chi connectivity index (χ2v) is 21.4. The highest BCUT2D eigenvalue weighted by molar-refractivity contribution is 6.01. The highest BCUT2D eigenvalue weighted by Crippen LogP contribution is 2.77. The van der Waals surface area contributed by atoms with Crippen molar-refractivity contribution in [1.82, 2.24) is 5.32 Å². The zero-order valence-corrected chi connectivity index (χ0v) is 35.5. The van der Waals surface area contributed by atoms with Gasteiger partial charge < -0.3 is 15.2 Å². The normalized spacial score (nSPS) is 39.3. The summed E-state index contributed by atoms with van der Waals surface area (Å²) in [5, 5.41) is 12.6. The van der Waals surface area contributed by atoms with Gasteiger partial charge in [0.2, 0.25) is 5.91 Å². The summed E-state index contributed by atoms with van der Waals surface area (Å²) in [5.74, 6) is -1.11. The zero-order valence-electron chi connectivity index (χ0n) is 35.5. The van der Waals surface area contributed by atoms with E-state index >= 15 is 0 Å². The number of ether oxygens (including phenoxy) is 1. The first-order valence-electron chi connectivity index (χ1n) is 21.5. The van der Waals surface area contributed by atoms with Crippen LogP contribution in [0.5, 0.6) is 0 Å². The number of benzene rings is 1. The van der Waals surface area contributed by atoms with Crippen molar-refractivity contribution in [2.75, 3.05) is 0 Å². The summed E-state index contributed by atoms with van der Waals surface area (Å²) in [6.45, 7) is 20.1.